The summed E-state index contributed by atoms with van der Waals surface area (Å²) in [4.78, 5) is 15.7. The molecule has 0 aromatic carbocycles. The van der Waals surface area contributed by atoms with Gasteiger partial charge < -0.3 is 9.80 Å². The first kappa shape index (κ1) is 9.93. The van der Waals surface area contributed by atoms with Gasteiger partial charge in [0.25, 0.3) is 0 Å². The fourth-order valence-corrected chi connectivity index (χ4v) is 1.94. The third-order valence-corrected chi connectivity index (χ3v) is 3.20. The van der Waals surface area contributed by atoms with Gasteiger partial charge in [-0.25, -0.2) is 0 Å². The van der Waals surface area contributed by atoms with E-state index < -0.39 is 0 Å². The maximum atomic E-state index is 11.4. The standard InChI is InChI=1S/C10H19N3O/c1-8-11-7-10(14)13(8)6-5-12(2)9-3-4-9/h8-9,11H,3-7H2,1-2H3. The topological polar surface area (TPSA) is 35.6 Å². The number of nitrogens with one attached hydrogen (secondary N) is 1. The zero-order chi connectivity index (χ0) is 10.1. The molecule has 1 heterocycles. The minimum atomic E-state index is 0.218. The number of amides is 1. The number of hydrogen-bond acceptors (Lipinski definition) is 3. The van der Waals surface area contributed by atoms with Crippen LogP contribution < -0.4 is 5.32 Å². The van der Waals surface area contributed by atoms with E-state index in [2.05, 4.69) is 17.3 Å². The Morgan fingerprint density at radius 1 is 1.57 bits per heavy atom. The van der Waals surface area contributed by atoms with Gasteiger partial charge in [0.15, 0.2) is 0 Å². The van der Waals surface area contributed by atoms with Crippen LogP contribution >= 0.6 is 0 Å². The van der Waals surface area contributed by atoms with Gasteiger partial charge in [0, 0.05) is 19.1 Å². The van der Waals surface area contributed by atoms with E-state index >= 15 is 0 Å². The normalized spacial score (nSPS) is 27.8. The number of hydrogen-bond donors (Lipinski definition) is 1. The fraction of sp³-hybridized carbons (Fsp3) is 0.900. The summed E-state index contributed by atoms with van der Waals surface area (Å²) < 4.78 is 0. The van der Waals surface area contributed by atoms with Crippen molar-refractivity contribution in [2.24, 2.45) is 0 Å². The Kier molecular flexibility index (Phi) is 2.74. The Morgan fingerprint density at radius 2 is 2.29 bits per heavy atom. The van der Waals surface area contributed by atoms with Gasteiger partial charge in [-0.3, -0.25) is 10.1 Å². The van der Waals surface area contributed by atoms with Crippen LogP contribution in [0, 0.1) is 0 Å². The maximum absolute atomic E-state index is 11.4. The van der Waals surface area contributed by atoms with Crippen LogP contribution in [-0.2, 0) is 4.79 Å². The highest BCUT2D eigenvalue weighted by Gasteiger charge is 2.29. The molecule has 80 valence electrons. The highest BCUT2D eigenvalue weighted by atomic mass is 16.2. The first-order valence-electron chi connectivity index (χ1n) is 5.41. The summed E-state index contributed by atoms with van der Waals surface area (Å²) in [5.41, 5.74) is 0. The van der Waals surface area contributed by atoms with Gasteiger partial charge in [0.05, 0.1) is 12.7 Å². The van der Waals surface area contributed by atoms with E-state index in [1.54, 1.807) is 0 Å². The van der Waals surface area contributed by atoms with E-state index in [1.165, 1.54) is 12.8 Å². The molecule has 0 bridgehead atoms. The summed E-state index contributed by atoms with van der Waals surface area (Å²) in [5, 5.41) is 3.15. The van der Waals surface area contributed by atoms with Crippen LogP contribution in [-0.4, -0.2) is 54.6 Å². The molecule has 4 heteroatoms. The molecule has 1 N–H and O–H groups in total. The van der Waals surface area contributed by atoms with Crippen LogP contribution in [0.5, 0.6) is 0 Å². The molecule has 1 atom stereocenters. The molecule has 2 aliphatic rings. The lowest BCUT2D eigenvalue weighted by Gasteiger charge is -2.24. The first-order chi connectivity index (χ1) is 6.68. The van der Waals surface area contributed by atoms with Crippen LogP contribution in [0.4, 0.5) is 0 Å². The Morgan fingerprint density at radius 3 is 2.79 bits per heavy atom. The van der Waals surface area contributed by atoms with Crippen LogP contribution in [0.2, 0.25) is 0 Å². The molecule has 1 amide bonds. The molecule has 1 aliphatic heterocycles. The smallest absolute Gasteiger partial charge is 0.237 e. The summed E-state index contributed by atoms with van der Waals surface area (Å²) in [6.07, 6.45) is 2.88. The van der Waals surface area contributed by atoms with Gasteiger partial charge in [-0.2, -0.15) is 0 Å². The van der Waals surface area contributed by atoms with Gasteiger partial charge in [0.2, 0.25) is 5.91 Å². The van der Waals surface area contributed by atoms with Gasteiger partial charge in [0.1, 0.15) is 0 Å². The molecular formula is C10H19N3O. The van der Waals surface area contributed by atoms with Crippen molar-refractivity contribution in [3.8, 4) is 0 Å². The molecule has 1 aliphatic carbocycles. The number of carbonyl (C=O) groups excluding carboxylic acids is 1. The predicted molar refractivity (Wildman–Crippen MR) is 54.8 cm³/mol. The Bertz CT molecular complexity index is 227. The van der Waals surface area contributed by atoms with E-state index in [4.69, 9.17) is 0 Å². The van der Waals surface area contributed by atoms with E-state index in [9.17, 15) is 4.79 Å². The Labute approximate surface area is 85.2 Å². The SMILES string of the molecule is CC1NCC(=O)N1CCN(C)C1CC1. The van der Waals surface area contributed by atoms with Crippen LogP contribution in [0.25, 0.3) is 0 Å². The quantitative estimate of drug-likeness (QED) is 0.681. The van der Waals surface area contributed by atoms with E-state index in [1.807, 2.05) is 11.8 Å². The van der Waals surface area contributed by atoms with Gasteiger partial charge >= 0.3 is 0 Å². The number of likely N-dealkylation sites (N-methyl/N-ethyl adjacent to an activating group) is 1. The number of rotatable bonds is 4. The molecule has 0 radical (unpaired) electrons. The van der Waals surface area contributed by atoms with Crippen LogP contribution in [0.1, 0.15) is 19.8 Å². The number of nitrogens with zero attached hydrogens (tertiary/aromatic N) is 2. The average molecular weight is 197 g/mol. The summed E-state index contributed by atoms with van der Waals surface area (Å²) >= 11 is 0. The fourth-order valence-electron chi connectivity index (χ4n) is 1.94. The zero-order valence-corrected chi connectivity index (χ0v) is 8.99. The van der Waals surface area contributed by atoms with Crippen molar-refractivity contribution in [2.75, 3.05) is 26.7 Å². The third-order valence-electron chi connectivity index (χ3n) is 3.20. The summed E-state index contributed by atoms with van der Waals surface area (Å²) in [5.74, 6) is 0.238. The summed E-state index contributed by atoms with van der Waals surface area (Å²) in [7, 11) is 2.15. The number of carbonyl (C=O) groups is 1. The lowest BCUT2D eigenvalue weighted by atomic mass is 10.4. The second-order valence-corrected chi connectivity index (χ2v) is 4.36. The van der Waals surface area contributed by atoms with Crippen molar-refractivity contribution in [1.29, 1.82) is 0 Å². The highest BCUT2D eigenvalue weighted by Crippen LogP contribution is 2.24. The van der Waals surface area contributed by atoms with Gasteiger partial charge in [-0.05, 0) is 26.8 Å². The minimum Gasteiger partial charge on any atom is -0.325 e. The third kappa shape index (κ3) is 2.07. The van der Waals surface area contributed by atoms with E-state index in [-0.39, 0.29) is 12.1 Å². The zero-order valence-electron chi connectivity index (χ0n) is 8.99. The molecule has 1 unspecified atom stereocenters. The van der Waals surface area contributed by atoms with Crippen molar-refractivity contribution in [2.45, 2.75) is 32.0 Å². The molecule has 1 saturated heterocycles. The van der Waals surface area contributed by atoms with Crippen molar-refractivity contribution in [3.63, 3.8) is 0 Å². The molecule has 0 aromatic heterocycles. The average Bonchev–Trinajstić information content (AvgIpc) is 2.93. The summed E-state index contributed by atoms with van der Waals surface area (Å²) in [6.45, 7) is 4.42. The van der Waals surface area contributed by atoms with E-state index in [0.717, 1.165) is 19.1 Å². The maximum Gasteiger partial charge on any atom is 0.237 e. The largest absolute Gasteiger partial charge is 0.325 e. The van der Waals surface area contributed by atoms with Crippen molar-refractivity contribution < 1.29 is 4.79 Å². The summed E-state index contributed by atoms with van der Waals surface area (Å²) in [6, 6.07) is 0.788. The first-order valence-corrected chi connectivity index (χ1v) is 5.41. The molecule has 2 rings (SSSR count). The van der Waals surface area contributed by atoms with Gasteiger partial charge in [-0.1, -0.05) is 0 Å². The molecule has 14 heavy (non-hydrogen) atoms. The second kappa shape index (κ2) is 3.87. The second-order valence-electron chi connectivity index (χ2n) is 4.36. The van der Waals surface area contributed by atoms with Crippen molar-refractivity contribution in [3.05, 3.63) is 0 Å². The molecule has 0 aromatic rings. The van der Waals surface area contributed by atoms with Crippen molar-refractivity contribution >= 4 is 5.91 Å². The van der Waals surface area contributed by atoms with Crippen molar-refractivity contribution in [1.82, 2.24) is 15.1 Å². The molecule has 4 nitrogen and oxygen atoms in total. The Hall–Kier alpha value is -0.610. The van der Waals surface area contributed by atoms with E-state index in [0.29, 0.717) is 6.54 Å². The minimum absolute atomic E-state index is 0.218. The predicted octanol–water partition coefficient (Wildman–Crippen LogP) is -0.142. The lowest BCUT2D eigenvalue weighted by Crippen LogP contribution is -2.40. The molecule has 2 fully saturated rings. The monoisotopic (exact) mass is 197 g/mol. The highest BCUT2D eigenvalue weighted by molar-refractivity contribution is 5.80. The Balaban J connectivity index is 1.75. The lowest BCUT2D eigenvalue weighted by molar-refractivity contribution is -0.127. The van der Waals surface area contributed by atoms with Crippen LogP contribution in [0.15, 0.2) is 0 Å². The van der Waals surface area contributed by atoms with Gasteiger partial charge in [-0.15, -0.1) is 0 Å². The molecule has 0 spiro atoms. The van der Waals surface area contributed by atoms with Crippen LogP contribution in [0.3, 0.4) is 0 Å². The molecular weight excluding hydrogens is 178 g/mol. The molecule has 1 saturated carbocycles.